The Morgan fingerprint density at radius 3 is 2.92 bits per heavy atom. The largest absolute Gasteiger partial charge is 0.377 e. The van der Waals surface area contributed by atoms with Crippen LogP contribution in [0.2, 0.25) is 0 Å². The summed E-state index contributed by atoms with van der Waals surface area (Å²) in [7, 11) is 0. The number of thioether (sulfide) groups is 1. The third-order valence-corrected chi connectivity index (χ3v) is 4.01. The van der Waals surface area contributed by atoms with Gasteiger partial charge in [0.15, 0.2) is 0 Å². The predicted molar refractivity (Wildman–Crippen MR) is 59.2 cm³/mol. The summed E-state index contributed by atoms with van der Waals surface area (Å²) in [6.07, 6.45) is 4.07. The van der Waals surface area contributed by atoms with E-state index in [0.717, 1.165) is 18.3 Å². The highest BCUT2D eigenvalue weighted by atomic mass is 32.2. The summed E-state index contributed by atoms with van der Waals surface area (Å²) < 4.78 is 5.50. The molecule has 0 radical (unpaired) electrons. The van der Waals surface area contributed by atoms with Crippen LogP contribution in [0.5, 0.6) is 0 Å². The van der Waals surface area contributed by atoms with Crippen molar-refractivity contribution in [3.63, 3.8) is 0 Å². The van der Waals surface area contributed by atoms with Crippen molar-refractivity contribution in [1.29, 1.82) is 0 Å². The van der Waals surface area contributed by atoms with Crippen LogP contribution in [-0.2, 0) is 4.74 Å². The van der Waals surface area contributed by atoms with E-state index in [0.29, 0.717) is 12.1 Å². The van der Waals surface area contributed by atoms with Gasteiger partial charge in [0.05, 0.1) is 6.10 Å². The van der Waals surface area contributed by atoms with E-state index >= 15 is 0 Å². The number of hydrogen-bond donors (Lipinski definition) is 1. The third-order valence-electron chi connectivity index (χ3n) is 2.44. The lowest BCUT2D eigenvalue weighted by Crippen LogP contribution is -2.16. The molecule has 2 N–H and O–H groups in total. The summed E-state index contributed by atoms with van der Waals surface area (Å²) in [5.74, 6) is 1.24. The van der Waals surface area contributed by atoms with Crippen molar-refractivity contribution in [3.8, 4) is 0 Å². The van der Waals surface area contributed by atoms with E-state index in [9.17, 15) is 0 Å². The maximum absolute atomic E-state index is 5.68. The van der Waals surface area contributed by atoms with Gasteiger partial charge in [0.25, 0.3) is 0 Å². The Labute approximate surface area is 85.6 Å². The fraction of sp³-hybridized carbons (Fsp3) is 1.00. The zero-order valence-corrected chi connectivity index (χ0v) is 9.48. The minimum Gasteiger partial charge on any atom is -0.377 e. The van der Waals surface area contributed by atoms with Crippen LogP contribution in [0.15, 0.2) is 0 Å². The lowest BCUT2D eigenvalue weighted by atomic mass is 10.2. The first-order valence-electron chi connectivity index (χ1n) is 5.19. The standard InChI is InChI=1S/C10H21NOS/c1-8(11)4-3-7-13-10-5-6-12-9(10)2/h8-10H,3-7,11H2,1-2H3. The monoisotopic (exact) mass is 203 g/mol. The van der Waals surface area contributed by atoms with E-state index in [1.807, 2.05) is 0 Å². The van der Waals surface area contributed by atoms with Crippen molar-refractivity contribution in [1.82, 2.24) is 0 Å². The van der Waals surface area contributed by atoms with Crippen LogP contribution in [0.25, 0.3) is 0 Å². The van der Waals surface area contributed by atoms with Crippen LogP contribution in [0, 0.1) is 0 Å². The molecule has 1 rings (SSSR count). The van der Waals surface area contributed by atoms with Crippen LogP contribution in [0.4, 0.5) is 0 Å². The average Bonchev–Trinajstić information content (AvgIpc) is 2.45. The van der Waals surface area contributed by atoms with Crippen LogP contribution in [0.1, 0.15) is 33.1 Å². The summed E-state index contributed by atoms with van der Waals surface area (Å²) >= 11 is 2.05. The van der Waals surface area contributed by atoms with Crippen molar-refractivity contribution < 1.29 is 4.74 Å². The van der Waals surface area contributed by atoms with Gasteiger partial charge in [0.2, 0.25) is 0 Å². The molecule has 0 aromatic rings. The van der Waals surface area contributed by atoms with Gasteiger partial charge in [-0.25, -0.2) is 0 Å². The van der Waals surface area contributed by atoms with Gasteiger partial charge in [-0.3, -0.25) is 0 Å². The molecule has 1 fully saturated rings. The fourth-order valence-electron chi connectivity index (χ4n) is 1.57. The molecule has 0 bridgehead atoms. The van der Waals surface area contributed by atoms with E-state index in [2.05, 4.69) is 25.6 Å². The molecule has 1 aliphatic heterocycles. The van der Waals surface area contributed by atoms with Gasteiger partial charge in [0.1, 0.15) is 0 Å². The first kappa shape index (κ1) is 11.3. The lowest BCUT2D eigenvalue weighted by Gasteiger charge is -2.13. The molecular formula is C10H21NOS. The molecule has 3 heteroatoms. The van der Waals surface area contributed by atoms with Crippen molar-refractivity contribution in [2.24, 2.45) is 5.73 Å². The van der Waals surface area contributed by atoms with Crippen molar-refractivity contribution in [3.05, 3.63) is 0 Å². The summed E-state index contributed by atoms with van der Waals surface area (Å²) in [5, 5.41) is 0.730. The Morgan fingerprint density at radius 1 is 1.62 bits per heavy atom. The molecule has 0 amide bonds. The SMILES string of the molecule is CC(N)CCCSC1CCOC1C. The predicted octanol–water partition coefficient (Wildman–Crippen LogP) is 2.02. The second kappa shape index (κ2) is 5.89. The molecular weight excluding hydrogens is 182 g/mol. The van der Waals surface area contributed by atoms with Crippen molar-refractivity contribution in [2.45, 2.75) is 50.5 Å². The Balaban J connectivity index is 1.99. The molecule has 2 nitrogen and oxygen atoms in total. The Hall–Kier alpha value is 0.270. The summed E-state index contributed by atoms with van der Waals surface area (Å²) in [4.78, 5) is 0. The van der Waals surface area contributed by atoms with Crippen LogP contribution in [-0.4, -0.2) is 29.8 Å². The minimum absolute atomic E-state index is 0.359. The second-order valence-electron chi connectivity index (χ2n) is 3.89. The summed E-state index contributed by atoms with van der Waals surface area (Å²) in [6, 6.07) is 0.359. The van der Waals surface area contributed by atoms with Crippen molar-refractivity contribution in [2.75, 3.05) is 12.4 Å². The normalized spacial score (nSPS) is 30.7. The summed E-state index contributed by atoms with van der Waals surface area (Å²) in [5.41, 5.74) is 5.68. The smallest absolute Gasteiger partial charge is 0.0666 e. The summed E-state index contributed by atoms with van der Waals surface area (Å²) in [6.45, 7) is 5.20. The van der Waals surface area contributed by atoms with E-state index in [1.54, 1.807) is 0 Å². The Morgan fingerprint density at radius 2 is 2.38 bits per heavy atom. The van der Waals surface area contributed by atoms with Crippen molar-refractivity contribution >= 4 is 11.8 Å². The van der Waals surface area contributed by atoms with E-state index in [1.165, 1.54) is 18.6 Å². The van der Waals surface area contributed by atoms with Crippen LogP contribution < -0.4 is 5.73 Å². The third kappa shape index (κ3) is 4.34. The molecule has 0 spiro atoms. The molecule has 0 aromatic heterocycles. The lowest BCUT2D eigenvalue weighted by molar-refractivity contribution is 0.127. The molecule has 78 valence electrons. The van der Waals surface area contributed by atoms with E-state index in [-0.39, 0.29) is 0 Å². The zero-order valence-electron chi connectivity index (χ0n) is 8.66. The molecule has 1 saturated heterocycles. The molecule has 0 saturated carbocycles. The molecule has 0 aliphatic carbocycles. The maximum atomic E-state index is 5.68. The van der Waals surface area contributed by atoms with E-state index < -0.39 is 0 Å². The quantitative estimate of drug-likeness (QED) is 0.694. The molecule has 1 heterocycles. The number of nitrogens with two attached hydrogens (primary N) is 1. The van der Waals surface area contributed by atoms with Gasteiger partial charge < -0.3 is 10.5 Å². The topological polar surface area (TPSA) is 35.2 Å². The Bertz CT molecular complexity index is 141. The molecule has 3 atom stereocenters. The van der Waals surface area contributed by atoms with Gasteiger partial charge in [0, 0.05) is 17.9 Å². The maximum Gasteiger partial charge on any atom is 0.0666 e. The van der Waals surface area contributed by atoms with Gasteiger partial charge in [-0.05, 0) is 38.9 Å². The fourth-order valence-corrected chi connectivity index (χ4v) is 2.82. The van der Waals surface area contributed by atoms with E-state index in [4.69, 9.17) is 10.5 Å². The zero-order chi connectivity index (χ0) is 9.68. The average molecular weight is 203 g/mol. The molecule has 3 unspecified atom stereocenters. The van der Waals surface area contributed by atoms with Crippen LogP contribution in [0.3, 0.4) is 0 Å². The molecule has 13 heavy (non-hydrogen) atoms. The highest BCUT2D eigenvalue weighted by Crippen LogP contribution is 2.26. The Kier molecular flexibility index (Phi) is 5.14. The molecule has 1 aliphatic rings. The van der Waals surface area contributed by atoms with Gasteiger partial charge in [-0.15, -0.1) is 0 Å². The number of hydrogen-bond acceptors (Lipinski definition) is 3. The van der Waals surface area contributed by atoms with Gasteiger partial charge >= 0.3 is 0 Å². The highest BCUT2D eigenvalue weighted by Gasteiger charge is 2.23. The first-order chi connectivity index (χ1) is 6.20. The highest BCUT2D eigenvalue weighted by molar-refractivity contribution is 7.99. The van der Waals surface area contributed by atoms with Gasteiger partial charge in [-0.2, -0.15) is 11.8 Å². The van der Waals surface area contributed by atoms with Gasteiger partial charge in [-0.1, -0.05) is 0 Å². The number of ether oxygens (including phenoxy) is 1. The molecule has 0 aromatic carbocycles. The second-order valence-corrected chi connectivity index (χ2v) is 5.24. The first-order valence-corrected chi connectivity index (χ1v) is 6.24. The number of rotatable bonds is 5. The minimum atomic E-state index is 0.359. The van der Waals surface area contributed by atoms with Crippen LogP contribution >= 0.6 is 11.8 Å².